The number of aliphatic carboxylic acids is 1. The molecule has 18 atom stereocenters. The van der Waals surface area contributed by atoms with Crippen molar-refractivity contribution in [1.29, 1.82) is 0 Å². The Morgan fingerprint density at radius 3 is 2.33 bits per heavy atom. The van der Waals surface area contributed by atoms with Crippen molar-refractivity contribution in [1.82, 2.24) is 15.0 Å². The van der Waals surface area contributed by atoms with Crippen LogP contribution >= 0.6 is 0 Å². The molecule has 6 heterocycles. The average Bonchev–Trinajstić information content (AvgIpc) is 3.88. The number of hydrogen-bond acceptors (Lipinski definition) is 15. The van der Waals surface area contributed by atoms with Gasteiger partial charge >= 0.3 is 11.9 Å². The summed E-state index contributed by atoms with van der Waals surface area (Å²) in [5, 5.41) is 50.2. The van der Waals surface area contributed by atoms with Crippen molar-refractivity contribution in [3.63, 3.8) is 0 Å². The lowest BCUT2D eigenvalue weighted by atomic mass is 9.72. The third kappa shape index (κ3) is 10.8. The molecule has 4 N–H and O–H groups in total. The predicted octanol–water partition coefficient (Wildman–Crippen LogP) is 5.54. The van der Waals surface area contributed by atoms with Crippen LogP contribution in [0.2, 0.25) is 0 Å². The summed E-state index contributed by atoms with van der Waals surface area (Å²) < 4.78 is 47.3. The lowest BCUT2D eigenvalue weighted by molar-refractivity contribution is -0.409. The quantitative estimate of drug-likeness (QED) is 0.0759. The minimum atomic E-state index is -1.52. The Morgan fingerprint density at radius 2 is 1.68 bits per heavy atom. The number of rotatable bonds is 19. The molecular formula is C49H79N3O14. The van der Waals surface area contributed by atoms with Crippen molar-refractivity contribution >= 4 is 17.7 Å². The molecule has 1 aromatic heterocycles. The zero-order chi connectivity index (χ0) is 48.4. The van der Waals surface area contributed by atoms with E-state index < -0.39 is 101 Å². The van der Waals surface area contributed by atoms with Crippen LogP contribution in [0.5, 0.6) is 0 Å². The van der Waals surface area contributed by atoms with Crippen molar-refractivity contribution in [3.05, 3.63) is 24.0 Å². The molecule has 1 aromatic rings. The first-order valence-electron chi connectivity index (χ1n) is 24.7. The molecule has 374 valence electrons. The minimum Gasteiger partial charge on any atom is -0.481 e. The van der Waals surface area contributed by atoms with Crippen LogP contribution < -0.4 is 0 Å². The standard InChI is InChI=1S/C49H79N3O14/c1-11-35(45(57)58)37-15-14-28(4)43(62-37)32(8)41(55)31(7)42(56)36(12-2)44-29(5)24-30(6)48(64-44)19-17-39(63-40(54)26-52-25-34(50-51-52)27-60-23-22-53)49(66-48)21-20-46(10,65-49)38-16-18-47(59,13-3)33(9)61-38/h17,19,25,28-33,35-39,41,43-44,53,55,59H,11-16,18,20-24,26-27H2,1-10H3,(H,57,58)/t28-,29-,30+,31-,32-,33-,35+,36-,37+,38+,39+,41+,43+,44-,46-,47+,48-,49-/m0/s1. The second kappa shape index (κ2) is 21.4. The summed E-state index contributed by atoms with van der Waals surface area (Å²) in [6.07, 6.45) is 6.11. The van der Waals surface area contributed by atoms with Gasteiger partial charge in [-0.2, -0.15) is 0 Å². The van der Waals surface area contributed by atoms with Crippen molar-refractivity contribution in [3.8, 4) is 0 Å². The van der Waals surface area contributed by atoms with Gasteiger partial charge in [0.1, 0.15) is 18.0 Å². The normalized spacial score (nSPS) is 39.3. The van der Waals surface area contributed by atoms with Crippen molar-refractivity contribution in [2.24, 2.45) is 41.4 Å². The molecule has 66 heavy (non-hydrogen) atoms. The number of nitrogens with zero attached hydrogens (tertiary/aromatic N) is 3. The largest absolute Gasteiger partial charge is 0.481 e. The van der Waals surface area contributed by atoms with Crippen LogP contribution in [0.4, 0.5) is 0 Å². The van der Waals surface area contributed by atoms with E-state index in [1.165, 1.54) is 4.68 Å². The van der Waals surface area contributed by atoms with E-state index in [0.717, 1.165) is 6.42 Å². The average molecular weight is 934 g/mol. The van der Waals surface area contributed by atoms with Gasteiger partial charge in [0.25, 0.3) is 0 Å². The van der Waals surface area contributed by atoms with Gasteiger partial charge in [-0.05, 0) is 95.6 Å². The zero-order valence-corrected chi connectivity index (χ0v) is 40.9. The van der Waals surface area contributed by atoms with Gasteiger partial charge in [0.2, 0.25) is 5.79 Å². The summed E-state index contributed by atoms with van der Waals surface area (Å²) in [5.74, 6) is -7.22. The fourth-order valence-corrected chi connectivity index (χ4v) is 11.6. The molecule has 5 aliphatic heterocycles. The van der Waals surface area contributed by atoms with Gasteiger partial charge in [-0.15, -0.1) is 5.10 Å². The van der Waals surface area contributed by atoms with Crippen LogP contribution in [0, 0.1) is 41.4 Å². The Balaban J connectivity index is 1.24. The van der Waals surface area contributed by atoms with E-state index in [1.54, 1.807) is 25.3 Å². The van der Waals surface area contributed by atoms with Crippen LogP contribution in [-0.4, -0.2) is 132 Å². The van der Waals surface area contributed by atoms with E-state index in [0.29, 0.717) is 63.5 Å². The number of aliphatic hydroxyl groups excluding tert-OH is 2. The third-order valence-electron chi connectivity index (χ3n) is 16.0. The number of esters is 1. The molecule has 0 aromatic carbocycles. The Labute approximate surface area is 390 Å². The number of hydrogen-bond donors (Lipinski definition) is 4. The highest BCUT2D eigenvalue weighted by molar-refractivity contribution is 5.84. The van der Waals surface area contributed by atoms with Crippen LogP contribution in [0.1, 0.15) is 139 Å². The second-order valence-electron chi connectivity index (χ2n) is 20.6. The summed E-state index contributed by atoms with van der Waals surface area (Å²) in [6.45, 7) is 19.3. The molecule has 0 amide bonds. The van der Waals surface area contributed by atoms with E-state index in [1.807, 2.05) is 48.5 Å². The Kier molecular flexibility index (Phi) is 17.0. The zero-order valence-electron chi connectivity index (χ0n) is 40.9. The number of ether oxygens (including phenoxy) is 7. The number of carboxylic acid groups (broad SMARTS) is 1. The van der Waals surface area contributed by atoms with E-state index in [2.05, 4.69) is 24.2 Å². The van der Waals surface area contributed by atoms with Crippen LogP contribution in [0.25, 0.3) is 0 Å². The van der Waals surface area contributed by atoms with E-state index in [9.17, 15) is 29.7 Å². The van der Waals surface area contributed by atoms with E-state index in [-0.39, 0.29) is 49.9 Å². The van der Waals surface area contributed by atoms with Crippen molar-refractivity contribution < 1.29 is 68.0 Å². The lowest BCUT2D eigenvalue weighted by Gasteiger charge is -2.54. The van der Waals surface area contributed by atoms with Crippen LogP contribution in [0.15, 0.2) is 18.3 Å². The molecule has 0 saturated carbocycles. The Hall–Kier alpha value is -2.87. The lowest BCUT2D eigenvalue weighted by Crippen LogP contribution is -2.63. The maximum Gasteiger partial charge on any atom is 0.328 e. The number of aliphatic hydroxyl groups is 3. The van der Waals surface area contributed by atoms with Crippen molar-refractivity contribution in [2.75, 3.05) is 13.2 Å². The Morgan fingerprint density at radius 1 is 0.955 bits per heavy atom. The Bertz CT molecular complexity index is 1850. The molecule has 2 spiro atoms. The maximum absolute atomic E-state index is 14.7. The summed E-state index contributed by atoms with van der Waals surface area (Å²) in [5.41, 5.74) is -1.36. The predicted molar refractivity (Wildman–Crippen MR) is 239 cm³/mol. The first-order chi connectivity index (χ1) is 31.2. The first-order valence-corrected chi connectivity index (χ1v) is 24.7. The number of ketones is 1. The molecular weight excluding hydrogens is 855 g/mol. The molecule has 4 saturated heterocycles. The molecule has 0 bridgehead atoms. The van der Waals surface area contributed by atoms with E-state index in [4.69, 9.17) is 38.3 Å². The summed E-state index contributed by atoms with van der Waals surface area (Å²) in [6, 6.07) is 0. The highest BCUT2D eigenvalue weighted by atomic mass is 16.8. The molecule has 0 aliphatic carbocycles. The van der Waals surface area contributed by atoms with Gasteiger partial charge in [0, 0.05) is 30.1 Å². The highest BCUT2D eigenvalue weighted by Gasteiger charge is 2.64. The number of carboxylic acids is 1. The highest BCUT2D eigenvalue weighted by Crippen LogP contribution is 2.54. The van der Waals surface area contributed by atoms with Crippen LogP contribution in [-0.2, 0) is 60.7 Å². The molecule has 4 fully saturated rings. The molecule has 17 nitrogen and oxygen atoms in total. The molecule has 0 unspecified atom stereocenters. The number of Topliss-reactive ketones (excluding diaryl/α,β-unsaturated/α-hetero) is 1. The van der Waals surface area contributed by atoms with Gasteiger partial charge in [-0.1, -0.05) is 60.6 Å². The van der Waals surface area contributed by atoms with Gasteiger partial charge in [0.05, 0.1) is 79.8 Å². The SMILES string of the molecule is CC[C@@H](C(=O)[C@@H](C)[C@@H](O)[C@H](C)[C@@H]1O[C@@H]([C@@H](CC)C(=O)O)CC[C@@H]1C)[C@H]1O[C@]2(C=C[C@@H](OC(=O)Cn3cc(COCCO)nn3)[C@]3(CC[C@@](C)([C@H]4CC[C@](O)(CC)[C@H](C)O4)O3)O2)[C@H](C)C[C@@H]1C. The topological polar surface area (TPSA) is 227 Å². The van der Waals surface area contributed by atoms with E-state index >= 15 is 0 Å². The molecule has 6 rings (SSSR count). The monoisotopic (exact) mass is 934 g/mol. The van der Waals surface area contributed by atoms with Gasteiger partial charge in [-0.3, -0.25) is 14.4 Å². The smallest absolute Gasteiger partial charge is 0.328 e. The number of carbonyl (C=O) groups is 3. The molecule has 5 aliphatic rings. The second-order valence-corrected chi connectivity index (χ2v) is 20.6. The molecule has 0 radical (unpaired) electrons. The summed E-state index contributed by atoms with van der Waals surface area (Å²) in [7, 11) is 0. The maximum atomic E-state index is 14.7. The van der Waals surface area contributed by atoms with Crippen LogP contribution in [0.3, 0.4) is 0 Å². The minimum absolute atomic E-state index is 0.0694. The number of carbonyl (C=O) groups excluding carboxylic acids is 2. The first kappa shape index (κ1) is 52.5. The van der Waals surface area contributed by atoms with Crippen molar-refractivity contribution in [2.45, 2.75) is 212 Å². The van der Waals surface area contributed by atoms with Gasteiger partial charge in [0.15, 0.2) is 11.9 Å². The fourth-order valence-electron chi connectivity index (χ4n) is 11.6. The molecule has 17 heteroatoms. The van der Waals surface area contributed by atoms with Gasteiger partial charge < -0.3 is 53.6 Å². The number of aromatic nitrogens is 3. The summed E-state index contributed by atoms with van der Waals surface area (Å²) in [4.78, 5) is 40.5. The van der Waals surface area contributed by atoms with Gasteiger partial charge in [-0.25, -0.2) is 4.68 Å². The fraction of sp³-hybridized carbons (Fsp3) is 0.857. The third-order valence-corrected chi connectivity index (χ3v) is 16.0. The summed E-state index contributed by atoms with van der Waals surface area (Å²) >= 11 is 0.